The summed E-state index contributed by atoms with van der Waals surface area (Å²) in [6, 6.07) is 6.33. The van der Waals surface area contributed by atoms with Gasteiger partial charge in [-0.25, -0.2) is 9.67 Å². The molecule has 1 unspecified atom stereocenters. The molecule has 0 saturated carbocycles. The summed E-state index contributed by atoms with van der Waals surface area (Å²) in [6.45, 7) is 6.07. The molecule has 1 N–H and O–H groups in total. The van der Waals surface area contributed by atoms with E-state index in [1.165, 1.54) is 23.0 Å². The number of nitrogens with one attached hydrogen (secondary N) is 1. The summed E-state index contributed by atoms with van der Waals surface area (Å²) in [7, 11) is 0. The van der Waals surface area contributed by atoms with Gasteiger partial charge in [0.25, 0.3) is 5.91 Å². The van der Waals surface area contributed by atoms with E-state index < -0.39 is 0 Å². The zero-order valence-corrected chi connectivity index (χ0v) is 15.9. The van der Waals surface area contributed by atoms with Crippen LogP contribution in [0.15, 0.2) is 36.8 Å². The molecule has 0 spiro atoms. The van der Waals surface area contributed by atoms with E-state index in [0.717, 1.165) is 36.2 Å². The van der Waals surface area contributed by atoms with Crippen molar-refractivity contribution < 1.29 is 4.79 Å². The minimum atomic E-state index is -0.195. The van der Waals surface area contributed by atoms with Gasteiger partial charge in [0.1, 0.15) is 5.69 Å². The highest BCUT2D eigenvalue weighted by molar-refractivity contribution is 5.92. The first kappa shape index (κ1) is 17.4. The first-order chi connectivity index (χ1) is 13.0. The van der Waals surface area contributed by atoms with Crippen molar-refractivity contribution in [2.45, 2.75) is 46.1 Å². The van der Waals surface area contributed by atoms with Crippen LogP contribution in [0.1, 0.15) is 57.5 Å². The average molecular weight is 361 g/mol. The standard InChI is InChI=1S/C21H23N5O/c1-13-7-8-16(9-14(13)2)26-20-6-4-5-18(17(20)11-24-26)25-21(27)19-12-22-15(3)10-23-19/h7-12,18H,4-6H2,1-3H3,(H,25,27). The molecule has 6 heteroatoms. The summed E-state index contributed by atoms with van der Waals surface area (Å²) in [5.41, 5.74) is 6.98. The summed E-state index contributed by atoms with van der Waals surface area (Å²) in [5.74, 6) is -0.195. The number of carbonyl (C=O) groups excluding carboxylic acids is 1. The number of fused-ring (bicyclic) bond motifs is 1. The molecule has 27 heavy (non-hydrogen) atoms. The topological polar surface area (TPSA) is 72.7 Å². The van der Waals surface area contributed by atoms with Gasteiger partial charge < -0.3 is 5.32 Å². The number of amides is 1. The second kappa shape index (κ2) is 6.95. The molecule has 1 aromatic carbocycles. The molecular formula is C21H23N5O. The van der Waals surface area contributed by atoms with Crippen molar-refractivity contribution in [3.8, 4) is 5.69 Å². The lowest BCUT2D eigenvalue weighted by Crippen LogP contribution is -2.31. The van der Waals surface area contributed by atoms with Crippen molar-refractivity contribution >= 4 is 5.91 Å². The van der Waals surface area contributed by atoms with Crippen molar-refractivity contribution in [3.63, 3.8) is 0 Å². The van der Waals surface area contributed by atoms with Crippen molar-refractivity contribution in [3.05, 3.63) is 70.6 Å². The molecule has 138 valence electrons. The molecule has 0 fully saturated rings. The van der Waals surface area contributed by atoms with Crippen LogP contribution >= 0.6 is 0 Å². The van der Waals surface area contributed by atoms with Gasteiger partial charge in [-0.15, -0.1) is 0 Å². The van der Waals surface area contributed by atoms with E-state index in [0.29, 0.717) is 5.69 Å². The molecule has 2 heterocycles. The molecule has 0 saturated heterocycles. The number of nitrogens with zero attached hydrogens (tertiary/aromatic N) is 4. The van der Waals surface area contributed by atoms with Crippen molar-refractivity contribution in [2.24, 2.45) is 0 Å². The van der Waals surface area contributed by atoms with E-state index in [4.69, 9.17) is 0 Å². The molecule has 6 nitrogen and oxygen atoms in total. The number of carbonyl (C=O) groups is 1. The molecule has 1 aliphatic carbocycles. The van der Waals surface area contributed by atoms with Crippen LogP contribution in [0.3, 0.4) is 0 Å². The number of aromatic nitrogens is 4. The fraction of sp³-hybridized carbons (Fsp3) is 0.333. The maximum atomic E-state index is 12.6. The van der Waals surface area contributed by atoms with Crippen molar-refractivity contribution in [1.82, 2.24) is 25.1 Å². The van der Waals surface area contributed by atoms with Crippen LogP contribution < -0.4 is 5.32 Å². The first-order valence-corrected chi connectivity index (χ1v) is 9.27. The second-order valence-corrected chi connectivity index (χ2v) is 7.19. The Morgan fingerprint density at radius 3 is 2.70 bits per heavy atom. The Kier molecular flexibility index (Phi) is 4.48. The van der Waals surface area contributed by atoms with Gasteiger partial charge in [-0.05, 0) is 63.3 Å². The molecule has 3 aromatic rings. The van der Waals surface area contributed by atoms with Crippen LogP contribution in [0, 0.1) is 20.8 Å². The lowest BCUT2D eigenvalue weighted by atomic mass is 9.92. The van der Waals surface area contributed by atoms with Gasteiger partial charge in [0.05, 0.1) is 29.8 Å². The Morgan fingerprint density at radius 2 is 1.96 bits per heavy atom. The van der Waals surface area contributed by atoms with E-state index in [-0.39, 0.29) is 11.9 Å². The maximum Gasteiger partial charge on any atom is 0.271 e. The molecule has 1 amide bonds. The summed E-state index contributed by atoms with van der Waals surface area (Å²) in [6.07, 6.45) is 7.88. The monoisotopic (exact) mass is 361 g/mol. The summed E-state index contributed by atoms with van der Waals surface area (Å²) < 4.78 is 2.01. The Bertz CT molecular complexity index is 990. The van der Waals surface area contributed by atoms with Crippen LogP contribution in [0.5, 0.6) is 0 Å². The fourth-order valence-electron chi connectivity index (χ4n) is 3.53. The molecule has 1 atom stereocenters. The largest absolute Gasteiger partial charge is 0.344 e. The van der Waals surface area contributed by atoms with Gasteiger partial charge in [-0.3, -0.25) is 9.78 Å². The fourth-order valence-corrected chi connectivity index (χ4v) is 3.53. The zero-order valence-electron chi connectivity index (χ0n) is 15.9. The normalized spacial score (nSPS) is 16.0. The highest BCUT2D eigenvalue weighted by Crippen LogP contribution is 2.31. The molecular weight excluding hydrogens is 338 g/mol. The van der Waals surface area contributed by atoms with E-state index in [1.807, 2.05) is 17.8 Å². The quantitative estimate of drug-likeness (QED) is 0.776. The van der Waals surface area contributed by atoms with E-state index >= 15 is 0 Å². The van der Waals surface area contributed by atoms with Crippen molar-refractivity contribution in [2.75, 3.05) is 0 Å². The Balaban J connectivity index is 1.60. The van der Waals surface area contributed by atoms with E-state index in [9.17, 15) is 4.79 Å². The third-order valence-corrected chi connectivity index (χ3v) is 5.24. The number of aryl methyl sites for hydroxylation is 3. The van der Waals surface area contributed by atoms with Gasteiger partial charge in [0, 0.05) is 17.5 Å². The number of benzene rings is 1. The smallest absolute Gasteiger partial charge is 0.271 e. The minimum absolute atomic E-state index is 0.0513. The number of rotatable bonds is 3. The lowest BCUT2D eigenvalue weighted by molar-refractivity contribution is 0.0927. The summed E-state index contributed by atoms with van der Waals surface area (Å²) in [4.78, 5) is 20.9. The van der Waals surface area contributed by atoms with Gasteiger partial charge >= 0.3 is 0 Å². The van der Waals surface area contributed by atoms with Crippen molar-refractivity contribution in [1.29, 1.82) is 0 Å². The molecule has 2 aromatic heterocycles. The van der Waals surface area contributed by atoms with Gasteiger partial charge in [0.15, 0.2) is 0 Å². The van der Waals surface area contributed by atoms with Gasteiger partial charge in [-0.2, -0.15) is 5.10 Å². The molecule has 1 aliphatic rings. The number of hydrogen-bond donors (Lipinski definition) is 1. The van der Waals surface area contributed by atoms with E-state index in [2.05, 4.69) is 52.4 Å². The van der Waals surface area contributed by atoms with Crippen LogP contribution in [0.2, 0.25) is 0 Å². The highest BCUT2D eigenvalue weighted by Gasteiger charge is 2.26. The van der Waals surface area contributed by atoms with Crippen LogP contribution in [-0.4, -0.2) is 25.7 Å². The lowest BCUT2D eigenvalue weighted by Gasteiger charge is -2.24. The first-order valence-electron chi connectivity index (χ1n) is 9.27. The van der Waals surface area contributed by atoms with Crippen LogP contribution in [0.25, 0.3) is 5.69 Å². The maximum absolute atomic E-state index is 12.6. The predicted octanol–water partition coefficient (Wildman–Crippen LogP) is 3.39. The zero-order chi connectivity index (χ0) is 19.0. The Hall–Kier alpha value is -3.02. The van der Waals surface area contributed by atoms with Crippen LogP contribution in [-0.2, 0) is 6.42 Å². The highest BCUT2D eigenvalue weighted by atomic mass is 16.1. The summed E-state index contributed by atoms with van der Waals surface area (Å²) >= 11 is 0. The Labute approximate surface area is 158 Å². The molecule has 0 radical (unpaired) electrons. The SMILES string of the molecule is Cc1cnc(C(=O)NC2CCCc3c2cnn3-c2ccc(C)c(C)c2)cn1. The predicted molar refractivity (Wildman–Crippen MR) is 103 cm³/mol. The average Bonchev–Trinajstić information content (AvgIpc) is 3.10. The van der Waals surface area contributed by atoms with Gasteiger partial charge in [0.2, 0.25) is 0 Å². The van der Waals surface area contributed by atoms with Crippen LogP contribution in [0.4, 0.5) is 0 Å². The minimum Gasteiger partial charge on any atom is -0.344 e. The van der Waals surface area contributed by atoms with Gasteiger partial charge in [-0.1, -0.05) is 6.07 Å². The molecule has 0 bridgehead atoms. The summed E-state index contributed by atoms with van der Waals surface area (Å²) in [5, 5.41) is 7.72. The third-order valence-electron chi connectivity index (χ3n) is 5.24. The molecule has 4 rings (SSSR count). The Morgan fingerprint density at radius 1 is 1.11 bits per heavy atom. The molecule has 0 aliphatic heterocycles. The number of hydrogen-bond acceptors (Lipinski definition) is 4. The third kappa shape index (κ3) is 3.35. The second-order valence-electron chi connectivity index (χ2n) is 7.19. The van der Waals surface area contributed by atoms with E-state index in [1.54, 1.807) is 6.20 Å².